The van der Waals surface area contributed by atoms with Gasteiger partial charge in [-0.05, 0) is 63.6 Å². The molecule has 0 radical (unpaired) electrons. The van der Waals surface area contributed by atoms with E-state index in [-0.39, 0.29) is 17.6 Å². The van der Waals surface area contributed by atoms with Gasteiger partial charge in [0.05, 0.1) is 4.21 Å². The van der Waals surface area contributed by atoms with Gasteiger partial charge in [-0.3, -0.25) is 9.59 Å². The van der Waals surface area contributed by atoms with E-state index in [1.807, 2.05) is 32.2 Å². The number of nitrogens with zero attached hydrogens (tertiary/aromatic N) is 1. The Labute approximate surface area is 185 Å². The number of hydrogen-bond acceptors (Lipinski definition) is 6. The largest absolute Gasteiger partial charge is 0.362 e. The number of allylic oxidation sites excluding steroid dienone is 3. The quantitative estimate of drug-likeness (QED) is 0.650. The van der Waals surface area contributed by atoms with Gasteiger partial charge in [0.25, 0.3) is 5.91 Å². The van der Waals surface area contributed by atoms with Gasteiger partial charge in [-0.25, -0.2) is 4.98 Å². The SMILES string of the molecule is CSc1sc(C)cc1[C@H]1C(C(=O)Nc2cccc(C)n2)=C(C)NC2=C1C(=O)CCC2. The van der Waals surface area contributed by atoms with Gasteiger partial charge < -0.3 is 10.6 Å². The number of nitrogens with one attached hydrogen (secondary N) is 2. The number of rotatable bonds is 4. The first kappa shape index (κ1) is 20.9. The van der Waals surface area contributed by atoms with Crippen LogP contribution in [0.2, 0.25) is 0 Å². The predicted molar refractivity (Wildman–Crippen MR) is 123 cm³/mol. The number of ketones is 1. The summed E-state index contributed by atoms with van der Waals surface area (Å²) in [4.78, 5) is 32.1. The van der Waals surface area contributed by atoms with Crippen molar-refractivity contribution in [2.75, 3.05) is 11.6 Å². The Kier molecular flexibility index (Phi) is 5.84. The molecule has 3 heterocycles. The first-order chi connectivity index (χ1) is 14.4. The molecule has 0 bridgehead atoms. The number of anilines is 1. The fraction of sp³-hybridized carbons (Fsp3) is 0.348. The Balaban J connectivity index is 1.82. The lowest BCUT2D eigenvalue weighted by Crippen LogP contribution is -2.35. The monoisotopic (exact) mass is 439 g/mol. The fourth-order valence-electron chi connectivity index (χ4n) is 4.26. The van der Waals surface area contributed by atoms with Gasteiger partial charge >= 0.3 is 0 Å². The minimum absolute atomic E-state index is 0.135. The molecule has 1 atom stereocenters. The molecule has 0 unspecified atom stereocenters. The summed E-state index contributed by atoms with van der Waals surface area (Å²) in [5.74, 6) is 0.0757. The minimum Gasteiger partial charge on any atom is -0.362 e. The van der Waals surface area contributed by atoms with Gasteiger partial charge in [-0.2, -0.15) is 0 Å². The number of amides is 1. The predicted octanol–water partition coefficient (Wildman–Crippen LogP) is 5.09. The lowest BCUT2D eigenvalue weighted by atomic mass is 9.75. The Bertz CT molecular complexity index is 1100. The number of hydrogen-bond donors (Lipinski definition) is 2. The van der Waals surface area contributed by atoms with E-state index in [9.17, 15) is 9.59 Å². The highest BCUT2D eigenvalue weighted by Crippen LogP contribution is 2.47. The van der Waals surface area contributed by atoms with Crippen LogP contribution in [-0.4, -0.2) is 22.9 Å². The van der Waals surface area contributed by atoms with E-state index in [1.165, 1.54) is 4.88 Å². The van der Waals surface area contributed by atoms with Gasteiger partial charge in [0.2, 0.25) is 0 Å². The van der Waals surface area contributed by atoms with E-state index in [2.05, 4.69) is 28.6 Å². The van der Waals surface area contributed by atoms with Crippen molar-refractivity contribution >= 4 is 40.6 Å². The summed E-state index contributed by atoms with van der Waals surface area (Å²) in [7, 11) is 0. The van der Waals surface area contributed by atoms with Crippen LogP contribution in [0.5, 0.6) is 0 Å². The molecule has 2 N–H and O–H groups in total. The average molecular weight is 440 g/mol. The van der Waals surface area contributed by atoms with E-state index in [0.29, 0.717) is 17.8 Å². The Morgan fingerprint density at radius 2 is 2.07 bits per heavy atom. The summed E-state index contributed by atoms with van der Waals surface area (Å²) in [6.07, 6.45) is 4.25. The molecule has 0 fully saturated rings. The summed E-state index contributed by atoms with van der Waals surface area (Å²) in [6, 6.07) is 7.67. The third-order valence-electron chi connectivity index (χ3n) is 5.49. The molecule has 0 saturated heterocycles. The summed E-state index contributed by atoms with van der Waals surface area (Å²) in [5, 5.41) is 6.33. The lowest BCUT2D eigenvalue weighted by molar-refractivity contribution is -0.116. The molecule has 156 valence electrons. The van der Waals surface area contributed by atoms with Crippen LogP contribution in [0.15, 0.2) is 51.0 Å². The van der Waals surface area contributed by atoms with Crippen LogP contribution >= 0.6 is 23.1 Å². The van der Waals surface area contributed by atoms with Crippen molar-refractivity contribution in [3.63, 3.8) is 0 Å². The lowest BCUT2D eigenvalue weighted by Gasteiger charge is -2.34. The zero-order chi connectivity index (χ0) is 21.4. The van der Waals surface area contributed by atoms with Crippen molar-refractivity contribution in [1.82, 2.24) is 10.3 Å². The van der Waals surface area contributed by atoms with E-state index < -0.39 is 0 Å². The highest BCUT2D eigenvalue weighted by Gasteiger charge is 2.40. The second kappa shape index (κ2) is 8.40. The van der Waals surface area contributed by atoms with Crippen LogP contribution in [0.3, 0.4) is 0 Å². The number of thioether (sulfide) groups is 1. The number of pyridine rings is 1. The van der Waals surface area contributed by atoms with Crippen LogP contribution < -0.4 is 10.6 Å². The zero-order valence-corrected chi connectivity index (χ0v) is 19.2. The summed E-state index contributed by atoms with van der Waals surface area (Å²) in [5.41, 5.74) is 5.01. The normalized spacial score (nSPS) is 18.9. The van der Waals surface area contributed by atoms with Crippen molar-refractivity contribution in [2.45, 2.75) is 50.2 Å². The van der Waals surface area contributed by atoms with Crippen LogP contribution in [-0.2, 0) is 9.59 Å². The molecular weight excluding hydrogens is 414 g/mol. The van der Waals surface area contributed by atoms with Crippen LogP contribution in [0.4, 0.5) is 5.82 Å². The number of carbonyl (C=O) groups excluding carboxylic acids is 2. The summed E-state index contributed by atoms with van der Waals surface area (Å²) >= 11 is 3.38. The average Bonchev–Trinajstić information content (AvgIpc) is 3.07. The van der Waals surface area contributed by atoms with Gasteiger partial charge in [0.15, 0.2) is 5.78 Å². The van der Waals surface area contributed by atoms with E-state index in [4.69, 9.17) is 0 Å². The molecule has 4 rings (SSSR count). The van der Waals surface area contributed by atoms with Crippen molar-refractivity contribution in [3.05, 3.63) is 62.9 Å². The molecule has 0 spiro atoms. The van der Waals surface area contributed by atoms with Crippen molar-refractivity contribution in [2.24, 2.45) is 0 Å². The highest BCUT2D eigenvalue weighted by molar-refractivity contribution is 8.00. The van der Waals surface area contributed by atoms with Crippen molar-refractivity contribution in [3.8, 4) is 0 Å². The van der Waals surface area contributed by atoms with Crippen molar-refractivity contribution in [1.29, 1.82) is 0 Å². The zero-order valence-electron chi connectivity index (χ0n) is 17.6. The van der Waals surface area contributed by atoms with E-state index in [0.717, 1.165) is 45.3 Å². The maximum absolute atomic E-state index is 13.5. The second-order valence-corrected chi connectivity index (χ2v) is 10.0. The van der Waals surface area contributed by atoms with Crippen molar-refractivity contribution < 1.29 is 9.59 Å². The number of thiophene rings is 1. The topological polar surface area (TPSA) is 71.1 Å². The maximum atomic E-state index is 13.5. The van der Waals surface area contributed by atoms with Gasteiger partial charge in [0, 0.05) is 45.5 Å². The molecule has 0 saturated carbocycles. The van der Waals surface area contributed by atoms with E-state index >= 15 is 0 Å². The van der Waals surface area contributed by atoms with Gasteiger partial charge in [0.1, 0.15) is 5.82 Å². The maximum Gasteiger partial charge on any atom is 0.255 e. The molecule has 30 heavy (non-hydrogen) atoms. The number of dihydropyridines is 1. The smallest absolute Gasteiger partial charge is 0.255 e. The molecular formula is C23H25N3O2S2. The molecule has 2 aromatic rings. The Morgan fingerprint density at radius 3 is 2.80 bits per heavy atom. The molecule has 1 aliphatic heterocycles. The standard InChI is InChI=1S/C23H25N3O2S2/c1-12-7-5-10-18(24-12)26-22(28)19-14(3)25-16-8-6-9-17(27)21(16)20(19)15-11-13(2)30-23(15)29-4/h5,7,10-11,20,25H,6,8-9H2,1-4H3,(H,24,26,28)/t20-/m0/s1. The molecule has 5 nitrogen and oxygen atoms in total. The molecule has 1 aliphatic carbocycles. The number of carbonyl (C=O) groups is 2. The fourth-order valence-corrected chi connectivity index (χ4v) is 6.18. The van der Waals surface area contributed by atoms with Gasteiger partial charge in [-0.15, -0.1) is 23.1 Å². The molecule has 2 aliphatic rings. The molecule has 1 amide bonds. The van der Waals surface area contributed by atoms with Gasteiger partial charge in [-0.1, -0.05) is 6.07 Å². The third kappa shape index (κ3) is 3.84. The molecule has 0 aromatic carbocycles. The van der Waals surface area contributed by atoms with Crippen LogP contribution in [0, 0.1) is 13.8 Å². The second-order valence-electron chi connectivity index (χ2n) is 7.69. The highest BCUT2D eigenvalue weighted by atomic mass is 32.2. The van der Waals surface area contributed by atoms with E-state index in [1.54, 1.807) is 29.2 Å². The third-order valence-corrected chi connectivity index (χ3v) is 7.71. The molecule has 2 aromatic heterocycles. The first-order valence-electron chi connectivity index (χ1n) is 10.0. The molecule has 7 heteroatoms. The minimum atomic E-state index is -0.355. The number of aryl methyl sites for hydroxylation is 2. The first-order valence-corrected chi connectivity index (χ1v) is 12.1. The van der Waals surface area contributed by atoms with Crippen LogP contribution in [0.1, 0.15) is 48.2 Å². The Morgan fingerprint density at radius 1 is 1.27 bits per heavy atom. The Hall–Kier alpha value is -2.38. The number of Topliss-reactive ketones (excluding diaryl/α,β-unsaturated/α-hetero) is 1. The number of aromatic nitrogens is 1. The van der Waals surface area contributed by atoms with Crippen LogP contribution in [0.25, 0.3) is 0 Å². The summed E-state index contributed by atoms with van der Waals surface area (Å²) < 4.78 is 1.15. The summed E-state index contributed by atoms with van der Waals surface area (Å²) in [6.45, 7) is 5.88.